The minimum atomic E-state index is 0.0205. The summed E-state index contributed by atoms with van der Waals surface area (Å²) >= 11 is 3.23. The van der Waals surface area contributed by atoms with Crippen molar-refractivity contribution in [2.75, 3.05) is 31.3 Å². The van der Waals surface area contributed by atoms with Crippen LogP contribution < -0.4 is 5.73 Å². The van der Waals surface area contributed by atoms with Gasteiger partial charge < -0.3 is 10.6 Å². The van der Waals surface area contributed by atoms with Gasteiger partial charge in [-0.2, -0.15) is 11.8 Å². The van der Waals surface area contributed by atoms with Crippen molar-refractivity contribution >= 4 is 44.8 Å². The second-order valence-electron chi connectivity index (χ2n) is 4.52. The summed E-state index contributed by atoms with van der Waals surface area (Å²) in [6, 6.07) is 6.00. The summed E-state index contributed by atoms with van der Waals surface area (Å²) in [6.45, 7) is 2.79. The number of nitrogen functional groups attached to an aromatic ring is 1. The van der Waals surface area contributed by atoms with Crippen molar-refractivity contribution in [1.29, 1.82) is 0 Å². The number of hydrogen-bond donors (Lipinski definition) is 1. The first-order valence-corrected chi connectivity index (χ1v) is 8.29. The average Bonchev–Trinajstić information content (AvgIpc) is 2.74. The number of nitrogens with two attached hydrogens (primary N) is 1. The molecular weight excluding hydrogens is 276 g/mol. The van der Waals surface area contributed by atoms with Gasteiger partial charge in [-0.3, -0.25) is 4.79 Å². The second kappa shape index (κ2) is 5.84. The molecule has 0 spiro atoms. The van der Waals surface area contributed by atoms with E-state index < -0.39 is 0 Å². The average molecular weight is 294 g/mol. The molecule has 0 radical (unpaired) electrons. The Morgan fingerprint density at radius 1 is 1.47 bits per heavy atom. The predicted molar refractivity (Wildman–Crippen MR) is 86.3 cm³/mol. The summed E-state index contributed by atoms with van der Waals surface area (Å²) in [6.07, 6.45) is 2.04. The summed E-state index contributed by atoms with van der Waals surface area (Å²) in [5, 5.41) is 0.992. The number of anilines is 1. The Hall–Kier alpha value is -1.20. The van der Waals surface area contributed by atoms with E-state index in [-0.39, 0.29) is 5.91 Å². The highest BCUT2D eigenvalue weighted by atomic mass is 32.2. The van der Waals surface area contributed by atoms with Crippen LogP contribution in [0, 0.1) is 6.92 Å². The number of thioether (sulfide) groups is 1. The van der Waals surface area contributed by atoms with Crippen molar-refractivity contribution in [2.45, 2.75) is 6.92 Å². The molecular formula is C14H18N2OS2. The summed E-state index contributed by atoms with van der Waals surface area (Å²) in [5.41, 5.74) is 7.92. The molecule has 0 atom stereocenters. The Morgan fingerprint density at radius 3 is 2.84 bits per heavy atom. The molecule has 0 unspecified atom stereocenters. The Kier molecular flexibility index (Phi) is 4.37. The minimum Gasteiger partial charge on any atom is -0.397 e. The van der Waals surface area contributed by atoms with Crippen molar-refractivity contribution in [3.05, 3.63) is 28.6 Å². The van der Waals surface area contributed by atoms with Crippen LogP contribution in [-0.4, -0.2) is 36.4 Å². The van der Waals surface area contributed by atoms with Gasteiger partial charge in [0.05, 0.1) is 5.69 Å². The number of hydrogen-bond acceptors (Lipinski definition) is 4. The maximum absolute atomic E-state index is 12.4. The molecule has 1 aromatic heterocycles. The fourth-order valence-corrected chi connectivity index (χ4v) is 3.58. The van der Waals surface area contributed by atoms with Gasteiger partial charge in [-0.05, 0) is 18.7 Å². The lowest BCUT2D eigenvalue weighted by Crippen LogP contribution is -2.28. The Balaban J connectivity index is 2.37. The van der Waals surface area contributed by atoms with Crippen LogP contribution in [0.25, 0.3) is 10.1 Å². The van der Waals surface area contributed by atoms with E-state index >= 15 is 0 Å². The van der Waals surface area contributed by atoms with E-state index in [1.165, 1.54) is 16.9 Å². The number of thiophene rings is 1. The standard InChI is InChI=1S/C14H18N2OS2/c1-9-5-4-6-10-11(15)13(19-12(9)10)14(17)16(2)7-8-18-3/h4-6H,7-8,15H2,1-3H3. The molecule has 0 fully saturated rings. The van der Waals surface area contributed by atoms with Crippen LogP contribution in [0.4, 0.5) is 5.69 Å². The Morgan fingerprint density at radius 2 is 2.21 bits per heavy atom. The monoisotopic (exact) mass is 294 g/mol. The predicted octanol–water partition coefficient (Wildman–Crippen LogP) is 3.23. The van der Waals surface area contributed by atoms with Gasteiger partial charge in [-0.25, -0.2) is 0 Å². The molecule has 1 heterocycles. The van der Waals surface area contributed by atoms with Crippen LogP contribution in [0.2, 0.25) is 0 Å². The molecule has 0 aliphatic carbocycles. The lowest BCUT2D eigenvalue weighted by molar-refractivity contribution is 0.0809. The Bertz CT molecular complexity index is 607. The first-order valence-electron chi connectivity index (χ1n) is 6.08. The fourth-order valence-electron chi connectivity index (χ4n) is 1.94. The van der Waals surface area contributed by atoms with Crippen LogP contribution >= 0.6 is 23.1 Å². The van der Waals surface area contributed by atoms with E-state index in [0.29, 0.717) is 10.6 Å². The lowest BCUT2D eigenvalue weighted by Gasteiger charge is -2.15. The lowest BCUT2D eigenvalue weighted by atomic mass is 10.1. The maximum Gasteiger partial charge on any atom is 0.265 e. The van der Waals surface area contributed by atoms with Gasteiger partial charge in [0, 0.05) is 29.4 Å². The van der Waals surface area contributed by atoms with Gasteiger partial charge in [-0.15, -0.1) is 11.3 Å². The van der Waals surface area contributed by atoms with Crippen molar-refractivity contribution in [1.82, 2.24) is 4.90 Å². The third-order valence-electron chi connectivity index (χ3n) is 3.12. The van der Waals surface area contributed by atoms with Gasteiger partial charge >= 0.3 is 0 Å². The number of nitrogens with zero attached hydrogens (tertiary/aromatic N) is 1. The Labute approximate surface area is 121 Å². The molecule has 0 aliphatic rings. The van der Waals surface area contributed by atoms with E-state index in [1.54, 1.807) is 16.7 Å². The molecule has 0 saturated carbocycles. The largest absolute Gasteiger partial charge is 0.397 e. The molecule has 2 N–H and O–H groups in total. The van der Waals surface area contributed by atoms with E-state index in [2.05, 4.69) is 0 Å². The van der Waals surface area contributed by atoms with Crippen LogP contribution in [0.3, 0.4) is 0 Å². The number of rotatable bonds is 4. The zero-order valence-corrected chi connectivity index (χ0v) is 13.0. The van der Waals surface area contributed by atoms with Crippen molar-refractivity contribution in [2.24, 2.45) is 0 Å². The number of aryl methyl sites for hydroxylation is 1. The summed E-state index contributed by atoms with van der Waals surface area (Å²) in [5.74, 6) is 0.957. The SMILES string of the molecule is CSCCN(C)C(=O)c1sc2c(C)cccc2c1N. The number of carbonyl (C=O) groups excluding carboxylic acids is 1. The van der Waals surface area contributed by atoms with Gasteiger partial charge in [0.1, 0.15) is 4.88 Å². The van der Waals surface area contributed by atoms with E-state index in [9.17, 15) is 4.79 Å². The number of carbonyl (C=O) groups is 1. The van der Waals surface area contributed by atoms with Gasteiger partial charge in [0.25, 0.3) is 5.91 Å². The molecule has 2 aromatic rings. The molecule has 0 saturated heterocycles. The fraction of sp³-hybridized carbons (Fsp3) is 0.357. The van der Waals surface area contributed by atoms with Crippen LogP contribution in [0.5, 0.6) is 0 Å². The summed E-state index contributed by atoms with van der Waals surface area (Å²) in [4.78, 5) is 14.8. The van der Waals surface area contributed by atoms with Gasteiger partial charge in [0.2, 0.25) is 0 Å². The summed E-state index contributed by atoms with van der Waals surface area (Å²) < 4.78 is 1.11. The molecule has 0 bridgehead atoms. The number of amides is 1. The molecule has 1 aromatic carbocycles. The highest BCUT2D eigenvalue weighted by molar-refractivity contribution is 7.98. The first-order chi connectivity index (χ1) is 9.06. The molecule has 0 aliphatic heterocycles. The van der Waals surface area contributed by atoms with E-state index in [4.69, 9.17) is 5.73 Å². The van der Waals surface area contributed by atoms with Crippen LogP contribution in [-0.2, 0) is 0 Å². The van der Waals surface area contributed by atoms with Gasteiger partial charge in [0.15, 0.2) is 0 Å². The molecule has 1 amide bonds. The van der Waals surface area contributed by atoms with E-state index in [0.717, 1.165) is 22.4 Å². The minimum absolute atomic E-state index is 0.0205. The highest BCUT2D eigenvalue weighted by Crippen LogP contribution is 2.36. The summed E-state index contributed by atoms with van der Waals surface area (Å²) in [7, 11) is 1.83. The van der Waals surface area contributed by atoms with Crippen molar-refractivity contribution in [3.8, 4) is 0 Å². The quantitative estimate of drug-likeness (QED) is 0.941. The smallest absolute Gasteiger partial charge is 0.265 e. The highest BCUT2D eigenvalue weighted by Gasteiger charge is 2.19. The maximum atomic E-state index is 12.4. The zero-order valence-electron chi connectivity index (χ0n) is 11.4. The third kappa shape index (κ3) is 2.72. The molecule has 3 nitrogen and oxygen atoms in total. The van der Waals surface area contributed by atoms with Crippen LogP contribution in [0.1, 0.15) is 15.2 Å². The normalized spacial score (nSPS) is 10.9. The first kappa shape index (κ1) is 14.2. The zero-order chi connectivity index (χ0) is 14.0. The topological polar surface area (TPSA) is 46.3 Å². The molecule has 19 heavy (non-hydrogen) atoms. The molecule has 2 rings (SSSR count). The van der Waals surface area contributed by atoms with Crippen molar-refractivity contribution < 1.29 is 4.79 Å². The second-order valence-corrected chi connectivity index (χ2v) is 6.52. The van der Waals surface area contributed by atoms with E-state index in [1.807, 2.05) is 38.4 Å². The third-order valence-corrected chi connectivity index (χ3v) is 5.06. The van der Waals surface area contributed by atoms with Crippen molar-refractivity contribution in [3.63, 3.8) is 0 Å². The van der Waals surface area contributed by atoms with Gasteiger partial charge in [-0.1, -0.05) is 18.2 Å². The molecule has 102 valence electrons. The number of benzene rings is 1. The molecule has 5 heteroatoms. The van der Waals surface area contributed by atoms with Crippen LogP contribution in [0.15, 0.2) is 18.2 Å². The number of fused-ring (bicyclic) bond motifs is 1.